The van der Waals surface area contributed by atoms with Gasteiger partial charge in [-0.3, -0.25) is 24.0 Å². The molecule has 28 heavy (non-hydrogen) atoms. The molecule has 0 rings (SSSR count). The van der Waals surface area contributed by atoms with Gasteiger partial charge in [0.2, 0.25) is 23.6 Å². The number of nitrogens with one attached hydrogen (secondary N) is 3. The maximum absolute atomic E-state index is 12.4. The average Bonchev–Trinajstić information content (AvgIpc) is 2.57. The number of hydrogen-bond acceptors (Lipinski definition) is 7. The summed E-state index contributed by atoms with van der Waals surface area (Å²) in [6.45, 7) is 4.07. The number of carboxylic acid groups (broad SMARTS) is 1. The normalized spacial score (nSPS) is 15.1. The Kier molecular flexibility index (Phi) is 10.7. The molecule has 160 valence electrons. The van der Waals surface area contributed by atoms with E-state index in [0.717, 1.165) is 0 Å². The molecule has 0 heterocycles. The van der Waals surface area contributed by atoms with E-state index in [1.807, 2.05) is 0 Å². The number of carbonyl (C=O) groups is 5. The van der Waals surface area contributed by atoms with Gasteiger partial charge < -0.3 is 37.6 Å². The first-order valence-electron chi connectivity index (χ1n) is 8.67. The summed E-state index contributed by atoms with van der Waals surface area (Å²) in [4.78, 5) is 58.2. The zero-order valence-electron chi connectivity index (χ0n) is 16.1. The van der Waals surface area contributed by atoms with Crippen molar-refractivity contribution in [3.8, 4) is 0 Å². The molecule has 0 aromatic heterocycles. The molecule has 0 saturated heterocycles. The van der Waals surface area contributed by atoms with Crippen molar-refractivity contribution >= 4 is 29.6 Å². The fourth-order valence-corrected chi connectivity index (χ4v) is 2.13. The molecule has 4 amide bonds. The van der Waals surface area contributed by atoms with E-state index in [0.29, 0.717) is 0 Å². The van der Waals surface area contributed by atoms with E-state index < -0.39 is 66.8 Å². The zero-order chi connectivity index (χ0) is 22.0. The molecule has 0 bridgehead atoms. The third-order valence-corrected chi connectivity index (χ3v) is 3.64. The molecule has 0 aliphatic carbocycles. The Labute approximate surface area is 162 Å². The van der Waals surface area contributed by atoms with Gasteiger partial charge in [-0.15, -0.1) is 0 Å². The first-order valence-corrected chi connectivity index (χ1v) is 8.67. The SMILES string of the molecule is CC(C)CC(NC(=O)C(CO)NC(=O)C(N)CC(N)=O)C(=O)NC(C)C(=O)O. The molecule has 0 aromatic carbocycles. The summed E-state index contributed by atoms with van der Waals surface area (Å²) in [6.07, 6.45) is -0.256. The van der Waals surface area contributed by atoms with E-state index in [1.54, 1.807) is 13.8 Å². The summed E-state index contributed by atoms with van der Waals surface area (Å²) in [5, 5.41) is 25.1. The summed E-state index contributed by atoms with van der Waals surface area (Å²) < 4.78 is 0. The number of nitrogens with two attached hydrogens (primary N) is 2. The minimum Gasteiger partial charge on any atom is -0.480 e. The second-order valence-corrected chi connectivity index (χ2v) is 6.78. The standard InChI is InChI=1S/C16H29N5O7/c1-7(2)4-10(14(25)19-8(3)16(27)28)20-15(26)11(6-22)21-13(24)9(17)5-12(18)23/h7-11,22H,4-6,17H2,1-3H3,(H2,18,23)(H,19,25)(H,20,26)(H,21,24)(H,27,28). The Morgan fingerprint density at radius 2 is 1.39 bits per heavy atom. The highest BCUT2D eigenvalue weighted by Crippen LogP contribution is 2.06. The molecule has 0 fully saturated rings. The van der Waals surface area contributed by atoms with E-state index >= 15 is 0 Å². The molecule has 0 aliphatic heterocycles. The quantitative estimate of drug-likeness (QED) is 0.175. The summed E-state index contributed by atoms with van der Waals surface area (Å²) in [5.74, 6) is -4.54. The molecule has 12 nitrogen and oxygen atoms in total. The predicted octanol–water partition coefficient (Wildman–Crippen LogP) is -3.21. The number of carboxylic acids is 1. The topological polar surface area (TPSA) is 214 Å². The van der Waals surface area contributed by atoms with Crippen molar-refractivity contribution in [1.29, 1.82) is 0 Å². The van der Waals surface area contributed by atoms with Crippen LogP contribution < -0.4 is 27.4 Å². The van der Waals surface area contributed by atoms with Crippen molar-refractivity contribution in [3.05, 3.63) is 0 Å². The van der Waals surface area contributed by atoms with Gasteiger partial charge in [0, 0.05) is 0 Å². The number of hydrogen-bond donors (Lipinski definition) is 7. The number of amides is 4. The van der Waals surface area contributed by atoms with Crippen LogP contribution in [0.2, 0.25) is 0 Å². The highest BCUT2D eigenvalue weighted by atomic mass is 16.4. The number of aliphatic carboxylic acids is 1. The molecule has 0 aromatic rings. The smallest absolute Gasteiger partial charge is 0.325 e. The van der Waals surface area contributed by atoms with Crippen molar-refractivity contribution in [2.75, 3.05) is 6.61 Å². The Balaban J connectivity index is 5.09. The van der Waals surface area contributed by atoms with Crippen LogP contribution >= 0.6 is 0 Å². The average molecular weight is 403 g/mol. The number of rotatable bonds is 12. The lowest BCUT2D eigenvalue weighted by Gasteiger charge is -2.24. The van der Waals surface area contributed by atoms with Crippen molar-refractivity contribution in [2.24, 2.45) is 17.4 Å². The molecule has 0 aliphatic rings. The fourth-order valence-electron chi connectivity index (χ4n) is 2.13. The van der Waals surface area contributed by atoms with Gasteiger partial charge in [0.25, 0.3) is 0 Å². The summed E-state index contributed by atoms with van der Waals surface area (Å²) in [5.41, 5.74) is 10.4. The minimum absolute atomic E-state index is 0.0256. The Morgan fingerprint density at radius 1 is 0.893 bits per heavy atom. The van der Waals surface area contributed by atoms with Crippen LogP contribution in [-0.2, 0) is 24.0 Å². The third-order valence-electron chi connectivity index (χ3n) is 3.64. The monoisotopic (exact) mass is 403 g/mol. The molecular formula is C16H29N5O7. The van der Waals surface area contributed by atoms with Gasteiger partial charge in [0.1, 0.15) is 18.1 Å². The molecule has 12 heteroatoms. The maximum atomic E-state index is 12.4. The van der Waals surface area contributed by atoms with Crippen LogP contribution in [0.3, 0.4) is 0 Å². The number of carbonyl (C=O) groups excluding carboxylic acids is 4. The largest absolute Gasteiger partial charge is 0.480 e. The van der Waals surface area contributed by atoms with Crippen LogP contribution in [0, 0.1) is 5.92 Å². The summed E-state index contributed by atoms with van der Waals surface area (Å²) in [7, 11) is 0. The van der Waals surface area contributed by atoms with Crippen molar-refractivity contribution in [1.82, 2.24) is 16.0 Å². The van der Waals surface area contributed by atoms with Gasteiger partial charge in [0.15, 0.2) is 0 Å². The molecule has 4 atom stereocenters. The second kappa shape index (κ2) is 11.9. The lowest BCUT2D eigenvalue weighted by atomic mass is 10.0. The van der Waals surface area contributed by atoms with Gasteiger partial charge in [-0.1, -0.05) is 13.8 Å². The van der Waals surface area contributed by atoms with Gasteiger partial charge in [-0.25, -0.2) is 0 Å². The first-order chi connectivity index (χ1) is 12.9. The molecule has 0 radical (unpaired) electrons. The second-order valence-electron chi connectivity index (χ2n) is 6.78. The van der Waals surface area contributed by atoms with Crippen molar-refractivity contribution in [3.63, 3.8) is 0 Å². The fraction of sp³-hybridized carbons (Fsp3) is 0.688. The van der Waals surface area contributed by atoms with Gasteiger partial charge in [0.05, 0.1) is 19.1 Å². The lowest BCUT2D eigenvalue weighted by Crippen LogP contribution is -2.58. The number of aliphatic hydroxyl groups is 1. The Morgan fingerprint density at radius 3 is 1.82 bits per heavy atom. The molecule has 9 N–H and O–H groups in total. The van der Waals surface area contributed by atoms with Crippen LogP contribution in [0.4, 0.5) is 0 Å². The van der Waals surface area contributed by atoms with Gasteiger partial charge in [-0.2, -0.15) is 0 Å². The Hall–Kier alpha value is -2.73. The highest BCUT2D eigenvalue weighted by molar-refractivity contribution is 5.95. The van der Waals surface area contributed by atoms with E-state index in [4.69, 9.17) is 16.6 Å². The predicted molar refractivity (Wildman–Crippen MR) is 97.4 cm³/mol. The van der Waals surface area contributed by atoms with Crippen LogP contribution in [0.15, 0.2) is 0 Å². The van der Waals surface area contributed by atoms with E-state index in [9.17, 15) is 29.1 Å². The number of aliphatic hydroxyl groups excluding tert-OH is 1. The van der Waals surface area contributed by atoms with Crippen molar-refractivity contribution < 1.29 is 34.2 Å². The van der Waals surface area contributed by atoms with E-state index in [-0.39, 0.29) is 12.3 Å². The van der Waals surface area contributed by atoms with Crippen LogP contribution in [0.25, 0.3) is 0 Å². The lowest BCUT2D eigenvalue weighted by molar-refractivity contribution is -0.142. The van der Waals surface area contributed by atoms with Crippen LogP contribution in [0.5, 0.6) is 0 Å². The summed E-state index contributed by atoms with van der Waals surface area (Å²) >= 11 is 0. The Bertz CT molecular complexity index is 596. The number of primary amides is 1. The molecular weight excluding hydrogens is 374 g/mol. The maximum Gasteiger partial charge on any atom is 0.325 e. The van der Waals surface area contributed by atoms with Gasteiger partial charge >= 0.3 is 5.97 Å². The summed E-state index contributed by atoms with van der Waals surface area (Å²) in [6, 6.07) is -4.98. The van der Waals surface area contributed by atoms with E-state index in [1.165, 1.54) is 6.92 Å². The third kappa shape index (κ3) is 9.28. The van der Waals surface area contributed by atoms with Gasteiger partial charge in [-0.05, 0) is 19.3 Å². The molecule has 4 unspecified atom stereocenters. The van der Waals surface area contributed by atoms with Crippen LogP contribution in [-0.4, -0.2) is 70.6 Å². The minimum atomic E-state index is -1.43. The van der Waals surface area contributed by atoms with Crippen LogP contribution in [0.1, 0.15) is 33.6 Å². The van der Waals surface area contributed by atoms with Crippen molar-refractivity contribution in [2.45, 2.75) is 57.8 Å². The molecule has 0 saturated carbocycles. The zero-order valence-corrected chi connectivity index (χ0v) is 16.1. The molecule has 0 spiro atoms. The van der Waals surface area contributed by atoms with E-state index in [2.05, 4.69) is 16.0 Å². The highest BCUT2D eigenvalue weighted by Gasteiger charge is 2.29. The first kappa shape index (κ1) is 25.3.